The van der Waals surface area contributed by atoms with Gasteiger partial charge in [0.05, 0.1) is 13.0 Å². The molecule has 1 aliphatic carbocycles. The van der Waals surface area contributed by atoms with Gasteiger partial charge in [0.1, 0.15) is 0 Å². The van der Waals surface area contributed by atoms with Crippen LogP contribution in [0.5, 0.6) is 5.75 Å². The fraction of sp³-hybridized carbons (Fsp3) is 0.429. The molecule has 0 spiro atoms. The van der Waals surface area contributed by atoms with E-state index in [0.717, 1.165) is 0 Å². The Morgan fingerprint density at radius 2 is 2.00 bits per heavy atom. The van der Waals surface area contributed by atoms with Crippen LogP contribution in [0.3, 0.4) is 0 Å². The minimum absolute atomic E-state index is 0.0775. The molecule has 0 amide bonds. The number of methoxy groups -OCH3 is 1. The summed E-state index contributed by atoms with van der Waals surface area (Å²) in [7, 11) is 1.41. The van der Waals surface area contributed by atoms with Crippen molar-refractivity contribution < 1.29 is 14.4 Å². The fourth-order valence-corrected chi connectivity index (χ4v) is 2.17. The molecular formula is C14H17NO3. The van der Waals surface area contributed by atoms with Crippen LogP contribution in [0.15, 0.2) is 35.5 Å². The minimum atomic E-state index is -0.184. The van der Waals surface area contributed by atoms with Crippen LogP contribution >= 0.6 is 0 Å². The van der Waals surface area contributed by atoms with Crippen LogP contribution in [0.1, 0.15) is 13.8 Å². The molecular weight excluding hydrogens is 230 g/mol. The van der Waals surface area contributed by atoms with Crippen molar-refractivity contribution in [3.05, 3.63) is 30.3 Å². The van der Waals surface area contributed by atoms with E-state index in [4.69, 9.17) is 9.57 Å². The number of benzene rings is 1. The molecule has 1 fully saturated rings. The molecule has 0 heterocycles. The smallest absolute Gasteiger partial charge is 0.309 e. The number of oxime groups is 1. The molecule has 0 aliphatic heterocycles. The average Bonchev–Trinajstić information content (AvgIpc) is 2.92. The number of hydrogen-bond donors (Lipinski definition) is 0. The lowest BCUT2D eigenvalue weighted by Crippen LogP contribution is -2.07. The zero-order chi connectivity index (χ0) is 13.2. The second-order valence-electron chi connectivity index (χ2n) is 5.01. The van der Waals surface area contributed by atoms with Gasteiger partial charge in [-0.3, -0.25) is 4.79 Å². The Kier molecular flexibility index (Phi) is 3.36. The number of para-hydroxylation sites is 1. The number of rotatable bonds is 4. The number of nitrogens with zero attached hydrogens (tertiary/aromatic N) is 1. The van der Waals surface area contributed by atoms with Gasteiger partial charge in [0.2, 0.25) is 0 Å². The van der Waals surface area contributed by atoms with Crippen molar-refractivity contribution in [2.75, 3.05) is 7.11 Å². The highest BCUT2D eigenvalue weighted by molar-refractivity contribution is 5.85. The van der Waals surface area contributed by atoms with E-state index in [2.05, 4.69) is 5.16 Å². The molecule has 2 atom stereocenters. The van der Waals surface area contributed by atoms with Gasteiger partial charge in [0.25, 0.3) is 0 Å². The lowest BCUT2D eigenvalue weighted by Gasteiger charge is -1.99. The van der Waals surface area contributed by atoms with Gasteiger partial charge in [-0.1, -0.05) is 37.2 Å². The van der Waals surface area contributed by atoms with E-state index < -0.39 is 0 Å². The van der Waals surface area contributed by atoms with Crippen molar-refractivity contribution in [1.82, 2.24) is 0 Å². The Hall–Kier alpha value is -1.84. The minimum Gasteiger partial charge on any atom is -0.469 e. The predicted molar refractivity (Wildman–Crippen MR) is 68.3 cm³/mol. The third-order valence-corrected chi connectivity index (χ3v) is 3.49. The quantitative estimate of drug-likeness (QED) is 0.466. The van der Waals surface area contributed by atoms with E-state index in [1.54, 1.807) is 6.21 Å². The number of ether oxygens (including phenoxy) is 1. The molecule has 2 unspecified atom stereocenters. The van der Waals surface area contributed by atoms with E-state index in [9.17, 15) is 4.79 Å². The SMILES string of the molecule is COC(=O)C1C(C=NOc2ccccc2)C1(C)C. The standard InChI is InChI=1S/C14H17NO3/c1-14(2)11(12(14)13(16)17-3)9-15-18-10-7-5-4-6-8-10/h4-9,11-12H,1-3H3. The Morgan fingerprint density at radius 3 is 2.61 bits per heavy atom. The fourth-order valence-electron chi connectivity index (χ4n) is 2.17. The maximum absolute atomic E-state index is 11.5. The van der Waals surface area contributed by atoms with E-state index in [1.807, 2.05) is 44.2 Å². The van der Waals surface area contributed by atoms with Gasteiger partial charge in [0, 0.05) is 12.1 Å². The first kappa shape index (κ1) is 12.6. The molecule has 0 radical (unpaired) electrons. The summed E-state index contributed by atoms with van der Waals surface area (Å²) in [6, 6.07) is 9.32. The summed E-state index contributed by atoms with van der Waals surface area (Å²) in [4.78, 5) is 16.7. The summed E-state index contributed by atoms with van der Waals surface area (Å²) in [5, 5.41) is 3.93. The third-order valence-electron chi connectivity index (χ3n) is 3.49. The summed E-state index contributed by atoms with van der Waals surface area (Å²) in [6.07, 6.45) is 1.69. The molecule has 96 valence electrons. The van der Waals surface area contributed by atoms with E-state index in [-0.39, 0.29) is 23.2 Å². The van der Waals surface area contributed by atoms with Gasteiger partial charge < -0.3 is 9.57 Å². The van der Waals surface area contributed by atoms with Gasteiger partial charge in [0.15, 0.2) is 5.75 Å². The molecule has 0 saturated heterocycles. The first-order valence-electron chi connectivity index (χ1n) is 5.90. The van der Waals surface area contributed by atoms with Crippen molar-refractivity contribution in [1.29, 1.82) is 0 Å². The van der Waals surface area contributed by atoms with Gasteiger partial charge in [-0.25, -0.2) is 0 Å². The number of carbonyl (C=O) groups is 1. The van der Waals surface area contributed by atoms with Crippen LogP contribution in [0.4, 0.5) is 0 Å². The topological polar surface area (TPSA) is 47.9 Å². The molecule has 4 heteroatoms. The van der Waals surface area contributed by atoms with Crippen molar-refractivity contribution in [3.8, 4) is 5.75 Å². The Morgan fingerprint density at radius 1 is 1.33 bits per heavy atom. The van der Waals surface area contributed by atoms with Gasteiger partial charge >= 0.3 is 5.97 Å². The molecule has 0 bridgehead atoms. The van der Waals surface area contributed by atoms with E-state index >= 15 is 0 Å². The maximum Gasteiger partial charge on any atom is 0.309 e. The summed E-state index contributed by atoms with van der Waals surface area (Å²) < 4.78 is 4.76. The largest absolute Gasteiger partial charge is 0.469 e. The Balaban J connectivity index is 1.93. The molecule has 1 aromatic rings. The molecule has 0 aromatic heterocycles. The molecule has 0 N–H and O–H groups in total. The van der Waals surface area contributed by atoms with Crippen molar-refractivity contribution >= 4 is 12.2 Å². The van der Waals surface area contributed by atoms with E-state index in [0.29, 0.717) is 5.75 Å². The third kappa shape index (κ3) is 2.37. The number of hydrogen-bond acceptors (Lipinski definition) is 4. The predicted octanol–water partition coefficient (Wildman–Crippen LogP) is 2.50. The van der Waals surface area contributed by atoms with Crippen molar-refractivity contribution in [3.63, 3.8) is 0 Å². The van der Waals surface area contributed by atoms with Crippen molar-refractivity contribution in [2.24, 2.45) is 22.4 Å². The number of esters is 1. The summed E-state index contributed by atoms with van der Waals surface area (Å²) in [5.74, 6) is 0.456. The monoisotopic (exact) mass is 247 g/mol. The zero-order valence-electron chi connectivity index (χ0n) is 10.8. The van der Waals surface area contributed by atoms with Crippen LogP contribution in [0.25, 0.3) is 0 Å². The van der Waals surface area contributed by atoms with Crippen LogP contribution in [-0.2, 0) is 9.53 Å². The molecule has 2 rings (SSSR count). The van der Waals surface area contributed by atoms with Gasteiger partial charge in [-0.05, 0) is 17.5 Å². The van der Waals surface area contributed by atoms with Gasteiger partial charge in [-0.15, -0.1) is 0 Å². The highest BCUT2D eigenvalue weighted by Gasteiger charge is 2.62. The summed E-state index contributed by atoms with van der Waals surface area (Å²) in [5.41, 5.74) is -0.101. The molecule has 1 saturated carbocycles. The van der Waals surface area contributed by atoms with Crippen LogP contribution in [-0.4, -0.2) is 19.3 Å². The molecule has 4 nitrogen and oxygen atoms in total. The second-order valence-corrected chi connectivity index (χ2v) is 5.01. The lowest BCUT2D eigenvalue weighted by atomic mass is 10.1. The molecule has 1 aromatic carbocycles. The first-order chi connectivity index (χ1) is 8.57. The lowest BCUT2D eigenvalue weighted by molar-refractivity contribution is -0.143. The summed E-state index contributed by atoms with van der Waals surface area (Å²) >= 11 is 0. The molecule has 1 aliphatic rings. The maximum atomic E-state index is 11.5. The van der Waals surface area contributed by atoms with Crippen LogP contribution in [0.2, 0.25) is 0 Å². The number of carbonyl (C=O) groups excluding carboxylic acids is 1. The Labute approximate surface area is 107 Å². The van der Waals surface area contributed by atoms with Crippen LogP contribution in [0, 0.1) is 17.3 Å². The van der Waals surface area contributed by atoms with Gasteiger partial charge in [-0.2, -0.15) is 0 Å². The normalized spacial score (nSPS) is 24.8. The zero-order valence-corrected chi connectivity index (χ0v) is 10.8. The van der Waals surface area contributed by atoms with E-state index in [1.165, 1.54) is 7.11 Å². The van der Waals surface area contributed by atoms with Crippen molar-refractivity contribution in [2.45, 2.75) is 13.8 Å². The highest BCUT2D eigenvalue weighted by Crippen LogP contribution is 2.57. The molecule has 18 heavy (non-hydrogen) atoms. The summed E-state index contributed by atoms with van der Waals surface area (Å²) in [6.45, 7) is 4.04. The Bertz CT molecular complexity index is 453. The average molecular weight is 247 g/mol. The second kappa shape index (κ2) is 4.80. The van der Waals surface area contributed by atoms with Crippen LogP contribution < -0.4 is 4.84 Å². The first-order valence-corrected chi connectivity index (χ1v) is 5.90. The highest BCUT2D eigenvalue weighted by atomic mass is 16.6.